The highest BCUT2D eigenvalue weighted by atomic mass is 16.5. The van der Waals surface area contributed by atoms with Crippen LogP contribution in [-0.4, -0.2) is 24.5 Å². The summed E-state index contributed by atoms with van der Waals surface area (Å²) in [6.45, 7) is 3.75. The van der Waals surface area contributed by atoms with Gasteiger partial charge in [-0.3, -0.25) is 9.36 Å². The third kappa shape index (κ3) is 2.98. The monoisotopic (exact) mass is 393 g/mol. The van der Waals surface area contributed by atoms with Crippen LogP contribution in [0.3, 0.4) is 0 Å². The van der Waals surface area contributed by atoms with Gasteiger partial charge in [0.1, 0.15) is 18.3 Å². The van der Waals surface area contributed by atoms with Crippen molar-refractivity contribution in [2.75, 3.05) is 0 Å². The topological polar surface area (TPSA) is 109 Å². The van der Waals surface area contributed by atoms with Crippen LogP contribution in [-0.2, 0) is 6.54 Å². The van der Waals surface area contributed by atoms with Crippen molar-refractivity contribution in [1.29, 1.82) is 0 Å². The minimum absolute atomic E-state index is 0.00366. The van der Waals surface area contributed by atoms with E-state index >= 15 is 0 Å². The predicted octanol–water partition coefficient (Wildman–Crippen LogP) is 2.32. The van der Waals surface area contributed by atoms with Crippen molar-refractivity contribution in [3.8, 4) is 0 Å². The van der Waals surface area contributed by atoms with E-state index in [1.165, 1.54) is 26.7 Å². The number of fused-ring (bicyclic) bond motifs is 1. The minimum atomic E-state index is -0.504. The van der Waals surface area contributed by atoms with E-state index in [-0.39, 0.29) is 29.8 Å². The number of hydrogen-bond donors (Lipinski definition) is 0. The fraction of sp³-hybridized carbons (Fsp3) is 0.350. The minimum Gasteiger partial charge on any atom is -0.390 e. The lowest BCUT2D eigenvalue weighted by atomic mass is 9.76. The van der Waals surface area contributed by atoms with Crippen molar-refractivity contribution in [2.24, 2.45) is 0 Å². The quantitative estimate of drug-likeness (QED) is 0.523. The largest absolute Gasteiger partial charge is 0.437 e. The Hall–Kier alpha value is -3.49. The zero-order chi connectivity index (χ0) is 20.1. The van der Waals surface area contributed by atoms with Crippen molar-refractivity contribution >= 4 is 11.1 Å². The molecule has 1 aliphatic carbocycles. The summed E-state index contributed by atoms with van der Waals surface area (Å²) in [4.78, 5) is 28.9. The molecule has 1 fully saturated rings. The number of nitrogens with zero attached hydrogens (tertiary/aromatic N) is 5. The van der Waals surface area contributed by atoms with Gasteiger partial charge in [-0.05, 0) is 38.2 Å². The molecule has 0 unspecified atom stereocenters. The molecule has 5 rings (SSSR count). The van der Waals surface area contributed by atoms with Crippen LogP contribution < -0.4 is 11.3 Å². The summed E-state index contributed by atoms with van der Waals surface area (Å²) in [5.41, 5.74) is 2.85. The van der Waals surface area contributed by atoms with Gasteiger partial charge in [-0.2, -0.15) is 4.68 Å². The Labute approximate surface area is 164 Å². The summed E-state index contributed by atoms with van der Waals surface area (Å²) in [5, 5.41) is 8.38. The second-order valence-corrected chi connectivity index (χ2v) is 7.56. The average molecular weight is 393 g/mol. The van der Waals surface area contributed by atoms with E-state index in [1.54, 1.807) is 6.92 Å². The molecular formula is C20H19N5O4. The fourth-order valence-electron chi connectivity index (χ4n) is 3.79. The number of benzene rings is 1. The van der Waals surface area contributed by atoms with Crippen LogP contribution in [0, 0.1) is 13.8 Å². The lowest BCUT2D eigenvalue weighted by Gasteiger charge is -2.34. The number of hydrogen-bond acceptors (Lipinski definition) is 7. The van der Waals surface area contributed by atoms with E-state index in [2.05, 4.69) is 46.4 Å². The zero-order valence-corrected chi connectivity index (χ0v) is 16.0. The van der Waals surface area contributed by atoms with Gasteiger partial charge in [0.25, 0.3) is 11.3 Å². The summed E-state index contributed by atoms with van der Waals surface area (Å²) >= 11 is 0. The highest BCUT2D eigenvalue weighted by molar-refractivity contribution is 5.73. The van der Waals surface area contributed by atoms with Crippen LogP contribution in [0.2, 0.25) is 0 Å². The summed E-state index contributed by atoms with van der Waals surface area (Å²) in [5.74, 6) is 0.0835. The van der Waals surface area contributed by atoms with Crippen LogP contribution >= 0.6 is 0 Å². The SMILES string of the molecule is Cc1ccc(C2CC(n3nc(Cn4cnc5onc(C)c5c4=O)oc3=O)C2)cc1. The first-order chi connectivity index (χ1) is 14.0. The predicted molar refractivity (Wildman–Crippen MR) is 103 cm³/mol. The molecule has 148 valence electrons. The van der Waals surface area contributed by atoms with E-state index in [4.69, 9.17) is 8.94 Å². The Morgan fingerprint density at radius 3 is 2.66 bits per heavy atom. The molecule has 1 aliphatic rings. The summed E-state index contributed by atoms with van der Waals surface area (Å²) in [6.07, 6.45) is 3.01. The lowest BCUT2D eigenvalue weighted by molar-refractivity contribution is 0.233. The average Bonchev–Trinajstić information content (AvgIpc) is 3.21. The maximum Gasteiger partial charge on any atom is 0.437 e. The van der Waals surface area contributed by atoms with Crippen LogP contribution in [0.15, 0.2) is 49.1 Å². The number of aryl methyl sites for hydroxylation is 2. The van der Waals surface area contributed by atoms with Crippen LogP contribution in [0.1, 0.15) is 47.5 Å². The van der Waals surface area contributed by atoms with Gasteiger partial charge in [0, 0.05) is 0 Å². The van der Waals surface area contributed by atoms with Crippen molar-refractivity contribution in [3.05, 3.63) is 74.2 Å². The molecule has 0 amide bonds. The number of aromatic nitrogens is 5. The van der Waals surface area contributed by atoms with E-state index in [0.29, 0.717) is 17.0 Å². The summed E-state index contributed by atoms with van der Waals surface area (Å²) in [7, 11) is 0. The Kier molecular flexibility index (Phi) is 3.97. The van der Waals surface area contributed by atoms with Crippen molar-refractivity contribution in [1.82, 2.24) is 24.5 Å². The molecule has 1 saturated carbocycles. The Balaban J connectivity index is 1.35. The Morgan fingerprint density at radius 2 is 1.90 bits per heavy atom. The van der Waals surface area contributed by atoms with Crippen molar-refractivity contribution in [3.63, 3.8) is 0 Å². The molecule has 0 bridgehead atoms. The Bertz CT molecular complexity index is 1310. The fourth-order valence-corrected chi connectivity index (χ4v) is 3.79. The second kappa shape index (κ2) is 6.54. The van der Waals surface area contributed by atoms with Gasteiger partial charge in [0.15, 0.2) is 0 Å². The highest BCUT2D eigenvalue weighted by Gasteiger charge is 2.34. The molecule has 0 aliphatic heterocycles. The summed E-state index contributed by atoms with van der Waals surface area (Å²) in [6, 6.07) is 8.47. The first-order valence-corrected chi connectivity index (χ1v) is 9.46. The molecule has 0 saturated heterocycles. The normalized spacial score (nSPS) is 18.8. The molecule has 0 radical (unpaired) electrons. The van der Waals surface area contributed by atoms with Gasteiger partial charge in [0.05, 0.1) is 11.7 Å². The number of rotatable bonds is 4. The Morgan fingerprint density at radius 1 is 1.14 bits per heavy atom. The zero-order valence-electron chi connectivity index (χ0n) is 16.0. The first kappa shape index (κ1) is 17.6. The highest BCUT2D eigenvalue weighted by Crippen LogP contribution is 2.43. The first-order valence-electron chi connectivity index (χ1n) is 9.46. The van der Waals surface area contributed by atoms with Gasteiger partial charge in [0.2, 0.25) is 5.89 Å². The third-order valence-corrected chi connectivity index (χ3v) is 5.56. The van der Waals surface area contributed by atoms with Crippen molar-refractivity contribution in [2.45, 2.75) is 45.2 Å². The lowest BCUT2D eigenvalue weighted by Crippen LogP contribution is -2.31. The maximum atomic E-state index is 12.6. The molecule has 1 aromatic carbocycles. The van der Waals surface area contributed by atoms with E-state index in [1.807, 2.05) is 0 Å². The van der Waals surface area contributed by atoms with E-state index in [0.717, 1.165) is 12.8 Å². The molecule has 0 N–H and O–H groups in total. The smallest absolute Gasteiger partial charge is 0.390 e. The molecule has 0 atom stereocenters. The second-order valence-electron chi connectivity index (χ2n) is 7.56. The molecule has 9 nitrogen and oxygen atoms in total. The van der Waals surface area contributed by atoms with Gasteiger partial charge in [-0.25, -0.2) is 9.78 Å². The van der Waals surface area contributed by atoms with Crippen molar-refractivity contribution < 1.29 is 8.94 Å². The molecular weight excluding hydrogens is 374 g/mol. The molecule has 29 heavy (non-hydrogen) atoms. The molecule has 0 spiro atoms. The molecule has 3 heterocycles. The van der Waals surface area contributed by atoms with E-state index in [9.17, 15) is 9.59 Å². The molecule has 3 aromatic heterocycles. The van der Waals surface area contributed by atoms with Crippen LogP contribution in [0.5, 0.6) is 0 Å². The van der Waals surface area contributed by atoms with Crippen LogP contribution in [0.25, 0.3) is 11.1 Å². The van der Waals surface area contributed by atoms with Crippen LogP contribution in [0.4, 0.5) is 0 Å². The standard InChI is InChI=1S/C20H19N5O4/c1-11-3-5-13(6-4-11)14-7-15(8-14)25-20(27)28-16(22-25)9-24-10-21-18-17(19(24)26)12(2)23-29-18/h3-6,10,14-15H,7-9H2,1-2H3. The van der Waals surface area contributed by atoms with E-state index < -0.39 is 5.76 Å². The van der Waals surface area contributed by atoms with Gasteiger partial charge >= 0.3 is 5.76 Å². The van der Waals surface area contributed by atoms with Gasteiger partial charge in [-0.1, -0.05) is 35.0 Å². The van der Waals surface area contributed by atoms with Gasteiger partial charge < -0.3 is 8.94 Å². The maximum absolute atomic E-state index is 12.6. The summed E-state index contributed by atoms with van der Waals surface area (Å²) < 4.78 is 13.0. The third-order valence-electron chi connectivity index (χ3n) is 5.56. The van der Waals surface area contributed by atoms with Gasteiger partial charge in [-0.15, -0.1) is 5.10 Å². The molecule has 4 aromatic rings. The molecule has 9 heteroatoms.